The average molecular weight is 718 g/mol. The van der Waals surface area contributed by atoms with Crippen LogP contribution in [0.25, 0.3) is 0 Å². The third-order valence-electron chi connectivity index (χ3n) is 6.09. The number of halogens is 13. The Bertz CT molecular complexity index is 1610. The van der Waals surface area contributed by atoms with Gasteiger partial charge < -0.3 is 14.8 Å². The summed E-state index contributed by atoms with van der Waals surface area (Å²) >= 11 is 0. The molecule has 0 spiro atoms. The molecule has 2 aromatic rings. The van der Waals surface area contributed by atoms with Gasteiger partial charge in [0.05, 0.1) is 17.4 Å². The Hall–Kier alpha value is -4.96. The number of hydrogen-bond donors (Lipinski definition) is 1. The van der Waals surface area contributed by atoms with Gasteiger partial charge in [-0.3, -0.25) is 4.79 Å². The highest BCUT2D eigenvalue weighted by atomic mass is 19.4. The van der Waals surface area contributed by atoms with E-state index in [1.54, 1.807) is 6.07 Å². The van der Waals surface area contributed by atoms with Crippen molar-refractivity contribution in [1.29, 1.82) is 0 Å². The van der Waals surface area contributed by atoms with Crippen LogP contribution in [-0.2, 0) is 22.1 Å². The van der Waals surface area contributed by atoms with Gasteiger partial charge in [-0.1, -0.05) is 55.6 Å². The number of amides is 1. The van der Waals surface area contributed by atoms with E-state index in [-0.39, 0.29) is 18.4 Å². The average Bonchev–Trinajstić information content (AvgIpc) is 2.99. The fourth-order valence-corrected chi connectivity index (χ4v) is 3.73. The molecule has 0 heterocycles. The van der Waals surface area contributed by atoms with Crippen molar-refractivity contribution in [3.63, 3.8) is 0 Å². The zero-order valence-electron chi connectivity index (χ0n) is 24.6. The maximum Gasteiger partial charge on any atom is 0.460 e. The second-order valence-electron chi connectivity index (χ2n) is 9.82. The molecule has 1 amide bonds. The topological polar surface area (TPSA) is 47.6 Å². The molecule has 0 aromatic heterocycles. The van der Waals surface area contributed by atoms with E-state index in [0.717, 1.165) is 12.2 Å². The summed E-state index contributed by atoms with van der Waals surface area (Å²) in [5.74, 6) is -7.15. The van der Waals surface area contributed by atoms with Crippen LogP contribution in [0.5, 0.6) is 0 Å². The predicted octanol–water partition coefficient (Wildman–Crippen LogP) is 9.86. The molecule has 49 heavy (non-hydrogen) atoms. The first-order valence-electron chi connectivity index (χ1n) is 13.3. The van der Waals surface area contributed by atoms with E-state index >= 15 is 0 Å². The minimum atomic E-state index is -5.24. The largest absolute Gasteiger partial charge is 0.482 e. The van der Waals surface area contributed by atoms with Crippen LogP contribution in [0.3, 0.4) is 0 Å². The standard InChI is InChI=1S/C32H24F13NO3/c1-19(15-23(33)12-14-49-32(44,45)28(36)37)29(17-21-7-4-3-5-8-21,13-6-9-25(34)20(2)48-18-30(38,39)40)46-27(47)22-10-11-26(35)24(16-22)31(41,42)43/h3-16,28H,1-2,17-18H2,(H,46,47)/t29-/m0/s1. The number of carbonyl (C=O) groups excluding carboxylic acids is 1. The van der Waals surface area contributed by atoms with Crippen LogP contribution in [0.1, 0.15) is 21.5 Å². The normalized spacial score (nSPS) is 14.7. The molecule has 0 saturated heterocycles. The number of ether oxygens (including phenoxy) is 2. The van der Waals surface area contributed by atoms with Crippen LogP contribution < -0.4 is 5.32 Å². The van der Waals surface area contributed by atoms with Crippen molar-refractivity contribution >= 4 is 5.91 Å². The van der Waals surface area contributed by atoms with Gasteiger partial charge in [0.25, 0.3) is 5.91 Å². The Labute approximate surface area is 270 Å². The number of hydrogen-bond acceptors (Lipinski definition) is 3. The highest BCUT2D eigenvalue weighted by molar-refractivity contribution is 5.95. The summed E-state index contributed by atoms with van der Waals surface area (Å²) in [6, 6.07) is 8.60. The molecule has 1 atom stereocenters. The molecule has 0 unspecified atom stereocenters. The Morgan fingerprint density at radius 1 is 0.939 bits per heavy atom. The molecular formula is C32H24F13NO3. The Morgan fingerprint density at radius 3 is 2.14 bits per heavy atom. The van der Waals surface area contributed by atoms with E-state index < -0.39 is 89.3 Å². The summed E-state index contributed by atoms with van der Waals surface area (Å²) in [5, 5.41) is 2.29. The smallest absolute Gasteiger partial charge is 0.460 e. The second kappa shape index (κ2) is 16.4. The van der Waals surface area contributed by atoms with Crippen LogP contribution in [-0.4, -0.2) is 36.8 Å². The van der Waals surface area contributed by atoms with E-state index in [0.29, 0.717) is 29.8 Å². The van der Waals surface area contributed by atoms with Crippen LogP contribution in [0, 0.1) is 5.82 Å². The molecule has 266 valence electrons. The van der Waals surface area contributed by atoms with Crippen molar-refractivity contribution in [3.8, 4) is 0 Å². The van der Waals surface area contributed by atoms with Crippen molar-refractivity contribution in [1.82, 2.24) is 5.32 Å². The molecule has 0 fully saturated rings. The van der Waals surface area contributed by atoms with Crippen molar-refractivity contribution in [2.75, 3.05) is 6.61 Å². The summed E-state index contributed by atoms with van der Waals surface area (Å²) in [7, 11) is 0. The maximum absolute atomic E-state index is 14.8. The molecule has 0 bridgehead atoms. The lowest BCUT2D eigenvalue weighted by Crippen LogP contribution is -2.50. The first kappa shape index (κ1) is 40.2. The van der Waals surface area contributed by atoms with Gasteiger partial charge in [0, 0.05) is 18.1 Å². The van der Waals surface area contributed by atoms with Crippen molar-refractivity contribution < 1.29 is 71.3 Å². The molecule has 2 aromatic carbocycles. The van der Waals surface area contributed by atoms with E-state index in [4.69, 9.17) is 0 Å². The minimum Gasteiger partial charge on any atom is -0.482 e. The number of carbonyl (C=O) groups is 1. The Kier molecular flexibility index (Phi) is 13.5. The molecule has 0 aliphatic heterocycles. The Morgan fingerprint density at radius 2 is 1.57 bits per heavy atom. The van der Waals surface area contributed by atoms with Gasteiger partial charge in [0.15, 0.2) is 12.4 Å². The van der Waals surface area contributed by atoms with Gasteiger partial charge in [-0.25, -0.2) is 13.2 Å². The van der Waals surface area contributed by atoms with Gasteiger partial charge in [0.1, 0.15) is 17.4 Å². The number of nitrogens with one attached hydrogen (secondary N) is 1. The fraction of sp³-hybridized carbons (Fsp3) is 0.219. The maximum atomic E-state index is 14.8. The monoisotopic (exact) mass is 717 g/mol. The molecule has 1 N–H and O–H groups in total. The quantitative estimate of drug-likeness (QED) is 0.113. The highest BCUT2D eigenvalue weighted by Gasteiger charge is 2.43. The summed E-state index contributed by atoms with van der Waals surface area (Å²) in [4.78, 5) is 13.4. The van der Waals surface area contributed by atoms with E-state index in [2.05, 4.69) is 27.9 Å². The van der Waals surface area contributed by atoms with Gasteiger partial charge in [-0.05, 0) is 41.5 Å². The fourth-order valence-electron chi connectivity index (χ4n) is 3.73. The van der Waals surface area contributed by atoms with Gasteiger partial charge in [-0.15, -0.1) is 0 Å². The molecule has 4 nitrogen and oxygen atoms in total. The van der Waals surface area contributed by atoms with E-state index in [1.165, 1.54) is 24.3 Å². The molecule has 2 rings (SSSR count). The third-order valence-corrected chi connectivity index (χ3v) is 6.09. The van der Waals surface area contributed by atoms with E-state index in [1.807, 2.05) is 0 Å². The van der Waals surface area contributed by atoms with Crippen LogP contribution >= 0.6 is 0 Å². The molecule has 0 radical (unpaired) electrons. The zero-order chi connectivity index (χ0) is 37.2. The number of allylic oxidation sites excluding steroid dienone is 5. The van der Waals surface area contributed by atoms with Crippen LogP contribution in [0.2, 0.25) is 0 Å². The van der Waals surface area contributed by atoms with Crippen LogP contribution in [0.4, 0.5) is 57.1 Å². The SMILES string of the molecule is C=C(OCC(F)(F)F)C(F)=CC=C[C@@](Cc1ccccc1)(NC(=O)c1ccc(F)c(C(F)(F)F)c1)C(=C)C=C(F)C=COC(F)(F)C(F)F. The summed E-state index contributed by atoms with van der Waals surface area (Å²) in [6.07, 6.45) is -17.2. The molecule has 0 aliphatic carbocycles. The third kappa shape index (κ3) is 12.5. The van der Waals surface area contributed by atoms with Crippen molar-refractivity contribution in [2.24, 2.45) is 0 Å². The summed E-state index contributed by atoms with van der Waals surface area (Å²) in [6.45, 7) is 4.70. The molecular weight excluding hydrogens is 693 g/mol. The van der Waals surface area contributed by atoms with E-state index in [9.17, 15) is 61.9 Å². The van der Waals surface area contributed by atoms with Gasteiger partial charge in [0.2, 0.25) is 0 Å². The second-order valence-corrected chi connectivity index (χ2v) is 9.82. The summed E-state index contributed by atoms with van der Waals surface area (Å²) in [5.41, 5.74) is -5.05. The lowest BCUT2D eigenvalue weighted by Gasteiger charge is -2.33. The number of alkyl halides is 10. The lowest BCUT2D eigenvalue weighted by atomic mass is 9.82. The van der Waals surface area contributed by atoms with Crippen molar-refractivity contribution in [3.05, 3.63) is 144 Å². The first-order chi connectivity index (χ1) is 22.6. The lowest BCUT2D eigenvalue weighted by molar-refractivity contribution is -0.274. The first-order valence-corrected chi connectivity index (χ1v) is 13.3. The summed E-state index contributed by atoms with van der Waals surface area (Å²) < 4.78 is 179. The zero-order valence-corrected chi connectivity index (χ0v) is 24.6. The molecule has 0 saturated carbocycles. The molecule has 0 aliphatic rings. The Balaban J connectivity index is 2.69. The van der Waals surface area contributed by atoms with Gasteiger partial charge in [-0.2, -0.15) is 43.9 Å². The van der Waals surface area contributed by atoms with Crippen molar-refractivity contribution in [2.45, 2.75) is 36.8 Å². The number of benzene rings is 2. The highest BCUT2D eigenvalue weighted by Crippen LogP contribution is 2.33. The van der Waals surface area contributed by atoms with Gasteiger partial charge >= 0.3 is 24.9 Å². The molecule has 17 heteroatoms. The van der Waals surface area contributed by atoms with Crippen LogP contribution in [0.15, 0.2) is 121 Å². The minimum absolute atomic E-state index is 0.125. The number of rotatable bonds is 15. The predicted molar refractivity (Wildman–Crippen MR) is 151 cm³/mol.